The minimum atomic E-state index is -0.160. The van der Waals surface area contributed by atoms with Crippen LogP contribution >= 0.6 is 0 Å². The highest BCUT2D eigenvalue weighted by atomic mass is 16.3. The number of nitrogens with one attached hydrogen (secondary N) is 1. The van der Waals surface area contributed by atoms with Crippen LogP contribution in [0.3, 0.4) is 0 Å². The Bertz CT molecular complexity index is 932. The van der Waals surface area contributed by atoms with Gasteiger partial charge in [-0.1, -0.05) is 36.4 Å². The molecule has 0 saturated carbocycles. The van der Waals surface area contributed by atoms with E-state index in [4.69, 9.17) is 5.11 Å². The van der Waals surface area contributed by atoms with Crippen molar-refractivity contribution in [2.45, 2.75) is 13.2 Å². The Morgan fingerprint density at radius 3 is 2.48 bits per heavy atom. The molecule has 1 heterocycles. The third-order valence-corrected chi connectivity index (χ3v) is 4.18. The van der Waals surface area contributed by atoms with Crippen LogP contribution in [-0.2, 0) is 20.2 Å². The number of aryl methyl sites for hydroxylation is 1. The molecule has 0 spiro atoms. The average Bonchev–Trinajstić information content (AvgIpc) is 3.08. The van der Waals surface area contributed by atoms with Crippen LogP contribution in [0.25, 0.3) is 11.4 Å². The Morgan fingerprint density at radius 1 is 1.15 bits per heavy atom. The Morgan fingerprint density at radius 2 is 1.85 bits per heavy atom. The molecule has 3 rings (SSSR count). The second-order valence-corrected chi connectivity index (χ2v) is 6.49. The monoisotopic (exact) mass is 365 g/mol. The topological polar surface area (TPSA) is 83.3 Å². The molecule has 0 bridgehead atoms. The van der Waals surface area contributed by atoms with Gasteiger partial charge in [0.25, 0.3) is 5.91 Å². The predicted octanol–water partition coefficient (Wildman–Crippen LogP) is 1.97. The van der Waals surface area contributed by atoms with Gasteiger partial charge in [0.15, 0.2) is 5.82 Å². The van der Waals surface area contributed by atoms with E-state index in [1.165, 1.54) is 0 Å². The molecule has 0 aliphatic heterocycles. The van der Waals surface area contributed by atoms with Gasteiger partial charge in [-0.05, 0) is 23.3 Å². The van der Waals surface area contributed by atoms with Gasteiger partial charge in [-0.25, -0.2) is 4.68 Å². The van der Waals surface area contributed by atoms with E-state index in [0.29, 0.717) is 17.9 Å². The normalized spacial score (nSPS) is 10.7. The predicted molar refractivity (Wildman–Crippen MR) is 104 cm³/mol. The molecule has 0 aliphatic carbocycles. The van der Waals surface area contributed by atoms with Crippen LogP contribution in [0.5, 0.6) is 0 Å². The van der Waals surface area contributed by atoms with Crippen LogP contribution in [-0.4, -0.2) is 39.9 Å². The van der Waals surface area contributed by atoms with E-state index >= 15 is 0 Å². The highest BCUT2D eigenvalue weighted by molar-refractivity contribution is 5.95. The molecule has 140 valence electrons. The number of carbonyl (C=O) groups excluding carboxylic acids is 1. The Hall–Kier alpha value is -3.19. The number of benzene rings is 2. The highest BCUT2D eigenvalue weighted by Gasteiger charge is 2.13. The van der Waals surface area contributed by atoms with Crippen molar-refractivity contribution in [1.82, 2.24) is 20.1 Å². The standard InChI is InChI=1S/C20H23N5O2/c1-24(2)20-22-18(23-25(20)3)16-5-4-6-17(11-16)19(27)21-12-14-7-9-15(13-26)10-8-14/h4-11,26H,12-13H2,1-3H3,(H,21,27). The van der Waals surface area contributed by atoms with E-state index in [1.54, 1.807) is 16.8 Å². The molecule has 0 radical (unpaired) electrons. The largest absolute Gasteiger partial charge is 0.392 e. The molecule has 1 aromatic heterocycles. The summed E-state index contributed by atoms with van der Waals surface area (Å²) in [6.07, 6.45) is 0. The summed E-state index contributed by atoms with van der Waals surface area (Å²) in [4.78, 5) is 18.9. The van der Waals surface area contributed by atoms with E-state index in [2.05, 4.69) is 15.4 Å². The Labute approximate surface area is 158 Å². The molecular weight excluding hydrogens is 342 g/mol. The minimum absolute atomic E-state index is 0.0104. The number of anilines is 1. The molecule has 7 nitrogen and oxygen atoms in total. The zero-order valence-corrected chi connectivity index (χ0v) is 15.7. The van der Waals surface area contributed by atoms with Crippen LogP contribution in [0.15, 0.2) is 48.5 Å². The number of nitrogens with zero attached hydrogens (tertiary/aromatic N) is 4. The van der Waals surface area contributed by atoms with Crippen molar-refractivity contribution in [3.63, 3.8) is 0 Å². The summed E-state index contributed by atoms with van der Waals surface area (Å²) in [6, 6.07) is 14.7. The Kier molecular flexibility index (Phi) is 5.52. The first-order valence-electron chi connectivity index (χ1n) is 8.63. The lowest BCUT2D eigenvalue weighted by Gasteiger charge is -2.08. The van der Waals surface area contributed by atoms with Crippen LogP contribution in [0.4, 0.5) is 5.95 Å². The molecule has 0 fully saturated rings. The third-order valence-electron chi connectivity index (χ3n) is 4.18. The van der Waals surface area contributed by atoms with E-state index in [0.717, 1.165) is 22.6 Å². The molecule has 0 aliphatic rings. The van der Waals surface area contributed by atoms with Gasteiger partial charge >= 0.3 is 0 Å². The van der Waals surface area contributed by atoms with Gasteiger partial charge < -0.3 is 15.3 Å². The molecule has 0 atom stereocenters. The highest BCUT2D eigenvalue weighted by Crippen LogP contribution is 2.19. The van der Waals surface area contributed by atoms with Gasteiger partial charge in [-0.15, -0.1) is 5.10 Å². The molecular formula is C20H23N5O2. The quantitative estimate of drug-likeness (QED) is 0.698. The maximum atomic E-state index is 12.5. The lowest BCUT2D eigenvalue weighted by molar-refractivity contribution is 0.0951. The number of amides is 1. The molecule has 2 N–H and O–H groups in total. The molecule has 27 heavy (non-hydrogen) atoms. The molecule has 2 aromatic carbocycles. The smallest absolute Gasteiger partial charge is 0.251 e. The second kappa shape index (κ2) is 8.01. The summed E-state index contributed by atoms with van der Waals surface area (Å²) in [7, 11) is 5.65. The first-order valence-corrected chi connectivity index (χ1v) is 8.63. The van der Waals surface area contributed by atoms with Gasteiger partial charge in [0.05, 0.1) is 6.61 Å². The molecule has 7 heteroatoms. The summed E-state index contributed by atoms with van der Waals surface area (Å²) in [5.41, 5.74) is 3.16. The van der Waals surface area contributed by atoms with Crippen molar-refractivity contribution in [2.24, 2.45) is 7.05 Å². The number of rotatable bonds is 6. The SMILES string of the molecule is CN(C)c1nc(-c2cccc(C(=O)NCc3ccc(CO)cc3)c2)nn1C. The fourth-order valence-electron chi connectivity index (χ4n) is 2.73. The van der Waals surface area contributed by atoms with E-state index in [-0.39, 0.29) is 12.5 Å². The fraction of sp³-hybridized carbons (Fsp3) is 0.250. The lowest BCUT2D eigenvalue weighted by Crippen LogP contribution is -2.22. The zero-order chi connectivity index (χ0) is 19.4. The lowest BCUT2D eigenvalue weighted by atomic mass is 10.1. The average molecular weight is 365 g/mol. The maximum Gasteiger partial charge on any atom is 0.251 e. The number of aliphatic hydroxyl groups is 1. The van der Waals surface area contributed by atoms with E-state index < -0.39 is 0 Å². The minimum Gasteiger partial charge on any atom is -0.392 e. The second-order valence-electron chi connectivity index (χ2n) is 6.49. The summed E-state index contributed by atoms with van der Waals surface area (Å²) in [5.74, 6) is 1.16. The fourth-order valence-corrected chi connectivity index (χ4v) is 2.73. The van der Waals surface area contributed by atoms with Crippen molar-refractivity contribution < 1.29 is 9.90 Å². The van der Waals surface area contributed by atoms with Crippen LogP contribution in [0, 0.1) is 0 Å². The number of carbonyl (C=O) groups is 1. The van der Waals surface area contributed by atoms with Crippen molar-refractivity contribution in [3.05, 3.63) is 65.2 Å². The molecule has 3 aromatic rings. The van der Waals surface area contributed by atoms with Gasteiger partial charge in [0.2, 0.25) is 5.95 Å². The zero-order valence-electron chi connectivity index (χ0n) is 15.7. The number of hydrogen-bond donors (Lipinski definition) is 2. The van der Waals surface area contributed by atoms with Gasteiger partial charge in [-0.3, -0.25) is 4.79 Å². The van der Waals surface area contributed by atoms with Crippen LogP contribution in [0.2, 0.25) is 0 Å². The Balaban J connectivity index is 1.72. The first-order chi connectivity index (χ1) is 13.0. The van der Waals surface area contributed by atoms with Gasteiger partial charge in [0.1, 0.15) is 0 Å². The maximum absolute atomic E-state index is 12.5. The van der Waals surface area contributed by atoms with Crippen molar-refractivity contribution in [2.75, 3.05) is 19.0 Å². The van der Waals surface area contributed by atoms with Crippen molar-refractivity contribution in [3.8, 4) is 11.4 Å². The molecule has 0 saturated heterocycles. The summed E-state index contributed by atoms with van der Waals surface area (Å²) < 4.78 is 1.71. The third kappa shape index (κ3) is 4.32. The van der Waals surface area contributed by atoms with Crippen LogP contribution < -0.4 is 10.2 Å². The van der Waals surface area contributed by atoms with Gasteiger partial charge in [-0.2, -0.15) is 4.98 Å². The first kappa shape index (κ1) is 18.6. The van der Waals surface area contributed by atoms with Crippen molar-refractivity contribution in [1.29, 1.82) is 0 Å². The van der Waals surface area contributed by atoms with E-state index in [9.17, 15) is 4.79 Å². The number of aromatic nitrogens is 3. The van der Waals surface area contributed by atoms with Crippen molar-refractivity contribution >= 4 is 11.9 Å². The molecule has 1 amide bonds. The van der Waals surface area contributed by atoms with Crippen LogP contribution in [0.1, 0.15) is 21.5 Å². The summed E-state index contributed by atoms with van der Waals surface area (Å²) in [6.45, 7) is 0.428. The number of hydrogen-bond acceptors (Lipinski definition) is 5. The number of aliphatic hydroxyl groups excluding tert-OH is 1. The van der Waals surface area contributed by atoms with E-state index in [1.807, 2.05) is 62.4 Å². The summed E-state index contributed by atoms with van der Waals surface area (Å²) in [5, 5.41) is 16.4. The van der Waals surface area contributed by atoms with Gasteiger partial charge in [0, 0.05) is 38.8 Å². The summed E-state index contributed by atoms with van der Waals surface area (Å²) >= 11 is 0. The molecule has 0 unspecified atom stereocenters.